The van der Waals surface area contributed by atoms with Crippen LogP contribution in [0.15, 0.2) is 35.5 Å². The average molecular weight is 545 g/mol. The van der Waals surface area contributed by atoms with Gasteiger partial charge in [0.15, 0.2) is 0 Å². The van der Waals surface area contributed by atoms with E-state index in [1.54, 1.807) is 0 Å². The van der Waals surface area contributed by atoms with E-state index in [-0.39, 0.29) is 51.0 Å². The molecule has 31 heavy (non-hydrogen) atoms. The predicted molar refractivity (Wildman–Crippen MR) is 126 cm³/mol. The summed E-state index contributed by atoms with van der Waals surface area (Å²) in [6.07, 6.45) is 34.4. The molecule has 0 spiro atoms. The fraction of sp³-hybridized carbons (Fsp3) is 0.714. The number of unbranched alkanes of at least 4 members (excludes halogenated alkanes) is 8. The number of halogens is 2. The first-order chi connectivity index (χ1) is 13.7. The molecule has 0 nitrogen and oxygen atoms in total. The molecule has 0 aromatic rings. The van der Waals surface area contributed by atoms with Gasteiger partial charge in [0.2, 0.25) is 0 Å². The van der Waals surface area contributed by atoms with Crippen LogP contribution in [-0.4, -0.2) is 0 Å². The molecule has 2 atom stereocenters. The van der Waals surface area contributed by atoms with E-state index in [4.69, 9.17) is 0 Å². The van der Waals surface area contributed by atoms with Gasteiger partial charge in [0, 0.05) is 0 Å². The average Bonchev–Trinajstić information content (AvgIpc) is 3.42. The molecule has 0 fully saturated rings. The Morgan fingerprint density at radius 3 is 1.29 bits per heavy atom. The molecule has 2 aliphatic rings. The van der Waals surface area contributed by atoms with Crippen molar-refractivity contribution in [2.24, 2.45) is 11.8 Å². The van der Waals surface area contributed by atoms with E-state index in [2.05, 4.69) is 64.2 Å². The second kappa shape index (κ2) is 25.1. The number of allylic oxidation sites excluding steroid dienone is 8. The first-order valence-electron chi connectivity index (χ1n) is 12.2. The molecule has 2 unspecified atom stereocenters. The van der Waals surface area contributed by atoms with Crippen LogP contribution < -0.4 is 24.8 Å². The van der Waals surface area contributed by atoms with Crippen molar-refractivity contribution in [3.8, 4) is 0 Å². The molecule has 0 heterocycles. The van der Waals surface area contributed by atoms with Crippen molar-refractivity contribution in [1.82, 2.24) is 0 Å². The fourth-order valence-electron chi connectivity index (χ4n) is 3.94. The number of hydrogen-bond donors (Lipinski definition) is 0. The van der Waals surface area contributed by atoms with E-state index >= 15 is 0 Å². The second-order valence-corrected chi connectivity index (χ2v) is 8.69. The van der Waals surface area contributed by atoms with Crippen LogP contribution in [0.1, 0.15) is 118 Å². The van der Waals surface area contributed by atoms with Gasteiger partial charge in [0.1, 0.15) is 0 Å². The van der Waals surface area contributed by atoms with Gasteiger partial charge in [-0.3, -0.25) is 12.2 Å². The topological polar surface area (TPSA) is 0 Å². The van der Waals surface area contributed by atoms with Crippen molar-refractivity contribution in [3.05, 3.63) is 47.6 Å². The zero-order valence-electron chi connectivity index (χ0n) is 20.6. The Hall–Kier alpha value is 0.423. The Labute approximate surface area is 226 Å². The minimum Gasteiger partial charge on any atom is -1.00 e. The summed E-state index contributed by atoms with van der Waals surface area (Å²) >= 11 is 0. The molecule has 2 aliphatic carbocycles. The fourth-order valence-corrected chi connectivity index (χ4v) is 3.94. The monoisotopic (exact) mass is 542 g/mol. The summed E-state index contributed by atoms with van der Waals surface area (Å²) in [5.41, 5.74) is 2.89. The van der Waals surface area contributed by atoms with Gasteiger partial charge in [-0.05, 0) is 12.8 Å². The molecule has 0 N–H and O–H groups in total. The van der Waals surface area contributed by atoms with Crippen molar-refractivity contribution in [1.29, 1.82) is 0 Å². The molecule has 0 bridgehead atoms. The molecule has 2 rings (SSSR count). The summed E-state index contributed by atoms with van der Waals surface area (Å²) in [6.45, 7) is 9.20. The van der Waals surface area contributed by atoms with Gasteiger partial charge in [0.25, 0.3) is 0 Å². The van der Waals surface area contributed by atoms with Gasteiger partial charge in [-0.25, -0.2) is 23.3 Å². The standard InChI is InChI=1S/2C14H23.2ClH.Zr/c2*1-3-4-5-6-7-10-13(2)14-11-8-9-12-14;;;/h2*8,11,13H,3-7,9-10H2,1-2H3;2*1H;/q2*-1;;;+4/p-2. The van der Waals surface area contributed by atoms with Crippen LogP contribution in [0.2, 0.25) is 0 Å². The maximum absolute atomic E-state index is 3.41. The first kappa shape index (κ1) is 36.0. The zero-order valence-corrected chi connectivity index (χ0v) is 24.6. The van der Waals surface area contributed by atoms with Gasteiger partial charge in [-0.1, -0.05) is 104 Å². The maximum Gasteiger partial charge on any atom is 4.00 e. The quantitative estimate of drug-likeness (QED) is 0.233. The third-order valence-corrected chi connectivity index (χ3v) is 5.99. The van der Waals surface area contributed by atoms with Gasteiger partial charge in [-0.15, -0.1) is 12.8 Å². The third-order valence-electron chi connectivity index (χ3n) is 5.99. The summed E-state index contributed by atoms with van der Waals surface area (Å²) in [5.74, 6) is 1.46. The Bertz CT molecular complexity index is 459. The van der Waals surface area contributed by atoms with Gasteiger partial charge >= 0.3 is 26.2 Å². The van der Waals surface area contributed by atoms with Crippen LogP contribution in [0.4, 0.5) is 0 Å². The Morgan fingerprint density at radius 1 is 0.645 bits per heavy atom. The largest absolute Gasteiger partial charge is 4.00 e. The van der Waals surface area contributed by atoms with Crippen molar-refractivity contribution in [2.45, 2.75) is 118 Å². The summed E-state index contributed by atoms with van der Waals surface area (Å²) in [6, 6.07) is 0. The van der Waals surface area contributed by atoms with E-state index in [9.17, 15) is 0 Å². The van der Waals surface area contributed by atoms with Crippen LogP contribution in [-0.2, 0) is 26.2 Å². The van der Waals surface area contributed by atoms with Crippen molar-refractivity contribution in [2.75, 3.05) is 0 Å². The second-order valence-electron chi connectivity index (χ2n) is 8.69. The number of hydrogen-bond acceptors (Lipinski definition) is 0. The van der Waals surface area contributed by atoms with E-state index in [0.717, 1.165) is 24.7 Å². The molecule has 0 amide bonds. The smallest absolute Gasteiger partial charge is 1.00 e. The molecule has 0 aliphatic heterocycles. The molecule has 0 aromatic heterocycles. The maximum atomic E-state index is 3.41. The number of rotatable bonds is 14. The van der Waals surface area contributed by atoms with Gasteiger partial charge in [-0.2, -0.15) is 12.2 Å². The Morgan fingerprint density at radius 2 is 1.00 bits per heavy atom. The van der Waals surface area contributed by atoms with Crippen LogP contribution in [0.25, 0.3) is 0 Å². The Kier molecular flexibility index (Phi) is 29.1. The van der Waals surface area contributed by atoms with Crippen molar-refractivity contribution in [3.63, 3.8) is 0 Å². The van der Waals surface area contributed by atoms with Crippen molar-refractivity contribution < 1.29 is 51.0 Å². The van der Waals surface area contributed by atoms with Crippen molar-refractivity contribution >= 4 is 0 Å². The summed E-state index contributed by atoms with van der Waals surface area (Å²) in [7, 11) is 0. The summed E-state index contributed by atoms with van der Waals surface area (Å²) in [5, 5.41) is 0. The predicted octanol–water partition coefficient (Wildman–Crippen LogP) is 3.35. The molecular formula is C28H46Cl2Zr. The first-order valence-corrected chi connectivity index (χ1v) is 12.2. The summed E-state index contributed by atoms with van der Waals surface area (Å²) in [4.78, 5) is 0. The molecule has 3 heteroatoms. The van der Waals surface area contributed by atoms with Crippen LogP contribution in [0, 0.1) is 24.0 Å². The van der Waals surface area contributed by atoms with Gasteiger partial charge in [0.05, 0.1) is 0 Å². The van der Waals surface area contributed by atoms with E-state index in [1.165, 1.54) is 88.2 Å². The SMILES string of the molecule is CCCCCCCC(C)C1=[C-]CC=C1.CCCCCCCC(C)C1=[C-]CC=C1.[Cl-].[Cl-].[Zr+4]. The van der Waals surface area contributed by atoms with Gasteiger partial charge < -0.3 is 24.8 Å². The summed E-state index contributed by atoms with van der Waals surface area (Å²) < 4.78 is 0. The zero-order chi connectivity index (χ0) is 20.5. The van der Waals surface area contributed by atoms with Crippen LogP contribution in [0.5, 0.6) is 0 Å². The molecule has 176 valence electrons. The molecule has 0 radical (unpaired) electrons. The third kappa shape index (κ3) is 18.5. The molecule has 0 saturated carbocycles. The van der Waals surface area contributed by atoms with E-state index in [1.807, 2.05) is 0 Å². The normalized spacial score (nSPS) is 15.5. The molecular weight excluding hydrogens is 498 g/mol. The molecule has 0 aromatic carbocycles. The van der Waals surface area contributed by atoms with Crippen LogP contribution in [0.3, 0.4) is 0 Å². The minimum absolute atomic E-state index is 0. The Balaban J connectivity index is -0.000000461. The van der Waals surface area contributed by atoms with E-state index in [0.29, 0.717) is 0 Å². The van der Waals surface area contributed by atoms with E-state index < -0.39 is 0 Å². The minimum atomic E-state index is 0. The molecule has 0 saturated heterocycles. The van der Waals surface area contributed by atoms with Crippen LogP contribution >= 0.6 is 0 Å².